The van der Waals surface area contributed by atoms with Gasteiger partial charge in [-0.25, -0.2) is 4.79 Å². The van der Waals surface area contributed by atoms with Gasteiger partial charge in [0.25, 0.3) is 5.91 Å². The van der Waals surface area contributed by atoms with E-state index < -0.39 is 17.9 Å². The molecule has 19 heavy (non-hydrogen) atoms. The third kappa shape index (κ3) is 4.11. The van der Waals surface area contributed by atoms with Gasteiger partial charge in [0.05, 0.1) is 12.7 Å². The number of amides is 1. The number of aliphatic hydroxyl groups excluding tert-OH is 1. The molecule has 6 nitrogen and oxygen atoms in total. The standard InChI is InChI=1S/C12H14ClNO5/c1-19-10-6-7(13)2-3-8(10)11(16)14-9(4-5-15)12(17)18/h2-3,6,9,15H,4-5H2,1H3,(H,14,16)(H,17,18)/t9-/m1/s1. The van der Waals surface area contributed by atoms with Crippen molar-refractivity contribution in [1.29, 1.82) is 0 Å². The molecule has 0 saturated carbocycles. The molecule has 1 atom stereocenters. The number of hydrogen-bond donors (Lipinski definition) is 3. The van der Waals surface area contributed by atoms with Crippen LogP contribution >= 0.6 is 11.6 Å². The van der Waals surface area contributed by atoms with Gasteiger partial charge in [-0.1, -0.05) is 11.6 Å². The van der Waals surface area contributed by atoms with Crippen LogP contribution < -0.4 is 10.1 Å². The van der Waals surface area contributed by atoms with Crippen LogP contribution in [0.2, 0.25) is 5.02 Å². The second kappa shape index (κ2) is 6.96. The summed E-state index contributed by atoms with van der Waals surface area (Å²) < 4.78 is 5.01. The van der Waals surface area contributed by atoms with E-state index in [1.54, 1.807) is 0 Å². The second-order valence-corrected chi connectivity index (χ2v) is 4.16. The number of rotatable bonds is 6. The van der Waals surface area contributed by atoms with Crippen LogP contribution in [0.15, 0.2) is 18.2 Å². The first-order valence-electron chi connectivity index (χ1n) is 5.47. The summed E-state index contributed by atoms with van der Waals surface area (Å²) >= 11 is 5.77. The Kier molecular flexibility index (Phi) is 5.59. The van der Waals surface area contributed by atoms with Gasteiger partial charge in [0.2, 0.25) is 0 Å². The fourth-order valence-electron chi connectivity index (χ4n) is 1.48. The van der Waals surface area contributed by atoms with Crippen molar-refractivity contribution >= 4 is 23.5 Å². The largest absolute Gasteiger partial charge is 0.496 e. The minimum Gasteiger partial charge on any atom is -0.496 e. The molecule has 0 aliphatic carbocycles. The first-order chi connectivity index (χ1) is 8.99. The lowest BCUT2D eigenvalue weighted by Gasteiger charge is -2.14. The van der Waals surface area contributed by atoms with Crippen molar-refractivity contribution in [3.8, 4) is 5.75 Å². The number of ether oxygens (including phenoxy) is 1. The molecule has 0 bridgehead atoms. The van der Waals surface area contributed by atoms with Crippen molar-refractivity contribution in [3.63, 3.8) is 0 Å². The topological polar surface area (TPSA) is 95.9 Å². The predicted molar refractivity (Wildman–Crippen MR) is 68.6 cm³/mol. The Morgan fingerprint density at radius 3 is 2.68 bits per heavy atom. The van der Waals surface area contributed by atoms with Crippen LogP contribution in [0.1, 0.15) is 16.8 Å². The van der Waals surface area contributed by atoms with E-state index in [2.05, 4.69) is 5.32 Å². The third-order valence-corrected chi connectivity index (χ3v) is 2.66. The van der Waals surface area contributed by atoms with Crippen LogP contribution in [0.3, 0.4) is 0 Å². The predicted octanol–water partition coefficient (Wildman–Crippen LogP) is 0.914. The lowest BCUT2D eigenvalue weighted by atomic mass is 10.1. The highest BCUT2D eigenvalue weighted by Crippen LogP contribution is 2.23. The molecule has 0 saturated heterocycles. The van der Waals surface area contributed by atoms with E-state index in [-0.39, 0.29) is 24.3 Å². The van der Waals surface area contributed by atoms with Crippen LogP contribution in [-0.2, 0) is 4.79 Å². The molecule has 104 valence electrons. The zero-order chi connectivity index (χ0) is 14.4. The molecular formula is C12H14ClNO5. The summed E-state index contributed by atoms with van der Waals surface area (Å²) in [4.78, 5) is 22.8. The average molecular weight is 288 g/mol. The number of carbonyl (C=O) groups excluding carboxylic acids is 1. The normalized spacial score (nSPS) is 11.7. The molecule has 7 heteroatoms. The molecule has 0 aliphatic heterocycles. The fourth-order valence-corrected chi connectivity index (χ4v) is 1.64. The Balaban J connectivity index is 2.91. The number of nitrogens with one attached hydrogen (secondary N) is 1. The fraction of sp³-hybridized carbons (Fsp3) is 0.333. The van der Waals surface area contributed by atoms with Crippen LogP contribution in [0.4, 0.5) is 0 Å². The van der Waals surface area contributed by atoms with Gasteiger partial charge >= 0.3 is 5.97 Å². The third-order valence-electron chi connectivity index (χ3n) is 2.43. The maximum absolute atomic E-state index is 11.9. The Bertz CT molecular complexity index is 477. The number of carboxylic acid groups (broad SMARTS) is 1. The minimum atomic E-state index is -1.21. The SMILES string of the molecule is COc1cc(Cl)ccc1C(=O)N[C@H](CCO)C(=O)O. The molecule has 1 aromatic carbocycles. The summed E-state index contributed by atoms with van der Waals surface area (Å²) in [6.07, 6.45) is -0.0724. The molecule has 0 fully saturated rings. The van der Waals surface area contributed by atoms with Gasteiger partial charge in [-0.05, 0) is 18.2 Å². The highest BCUT2D eigenvalue weighted by molar-refractivity contribution is 6.30. The van der Waals surface area contributed by atoms with Crippen molar-refractivity contribution in [1.82, 2.24) is 5.32 Å². The van der Waals surface area contributed by atoms with Gasteiger partial charge < -0.3 is 20.3 Å². The molecule has 3 N–H and O–H groups in total. The molecule has 0 radical (unpaired) electrons. The summed E-state index contributed by atoms with van der Waals surface area (Å²) in [7, 11) is 1.38. The van der Waals surface area contributed by atoms with Gasteiger partial charge in [0.15, 0.2) is 0 Å². The van der Waals surface area contributed by atoms with Crippen LogP contribution in [0.25, 0.3) is 0 Å². The highest BCUT2D eigenvalue weighted by atomic mass is 35.5. The number of methoxy groups -OCH3 is 1. The first-order valence-corrected chi connectivity index (χ1v) is 5.85. The van der Waals surface area contributed by atoms with Crippen LogP contribution in [0, 0.1) is 0 Å². The summed E-state index contributed by atoms with van der Waals surface area (Å²) in [5, 5.41) is 20.3. The molecule has 0 aliphatic rings. The molecule has 0 unspecified atom stereocenters. The number of carbonyl (C=O) groups is 2. The average Bonchev–Trinajstić information content (AvgIpc) is 2.37. The Morgan fingerprint density at radius 1 is 1.47 bits per heavy atom. The Morgan fingerprint density at radius 2 is 2.16 bits per heavy atom. The Labute approximate surface area is 114 Å². The molecule has 0 spiro atoms. The van der Waals surface area contributed by atoms with Crippen LogP contribution in [-0.4, -0.2) is 41.8 Å². The van der Waals surface area contributed by atoms with Crippen molar-refractivity contribution in [2.45, 2.75) is 12.5 Å². The zero-order valence-corrected chi connectivity index (χ0v) is 11.0. The van der Waals surface area contributed by atoms with Gasteiger partial charge in [0.1, 0.15) is 11.8 Å². The second-order valence-electron chi connectivity index (χ2n) is 3.72. The van der Waals surface area contributed by atoms with E-state index in [0.717, 1.165) is 0 Å². The molecule has 0 heterocycles. The summed E-state index contributed by atoms with van der Waals surface area (Å²) in [5.74, 6) is -1.57. The number of aliphatic hydroxyl groups is 1. The van der Waals surface area contributed by atoms with Gasteiger partial charge in [-0.2, -0.15) is 0 Å². The molecule has 1 aromatic rings. The number of aliphatic carboxylic acids is 1. The van der Waals surface area contributed by atoms with Gasteiger partial charge in [0, 0.05) is 18.1 Å². The molecule has 1 amide bonds. The number of halogens is 1. The van der Waals surface area contributed by atoms with Gasteiger partial charge in [-0.3, -0.25) is 4.79 Å². The lowest BCUT2D eigenvalue weighted by Crippen LogP contribution is -2.41. The van der Waals surface area contributed by atoms with E-state index >= 15 is 0 Å². The van der Waals surface area contributed by atoms with E-state index in [1.807, 2.05) is 0 Å². The molecule has 0 aromatic heterocycles. The van der Waals surface area contributed by atoms with Crippen molar-refractivity contribution in [2.75, 3.05) is 13.7 Å². The lowest BCUT2D eigenvalue weighted by molar-refractivity contribution is -0.139. The van der Waals surface area contributed by atoms with E-state index in [9.17, 15) is 9.59 Å². The first kappa shape index (κ1) is 15.3. The quantitative estimate of drug-likeness (QED) is 0.723. The maximum atomic E-state index is 11.9. The van der Waals surface area contributed by atoms with Crippen molar-refractivity contribution in [2.24, 2.45) is 0 Å². The zero-order valence-electron chi connectivity index (χ0n) is 10.2. The maximum Gasteiger partial charge on any atom is 0.326 e. The number of benzene rings is 1. The number of carboxylic acids is 1. The van der Waals surface area contributed by atoms with E-state index in [0.29, 0.717) is 5.02 Å². The monoisotopic (exact) mass is 287 g/mol. The summed E-state index contributed by atoms with van der Waals surface area (Å²) in [5.41, 5.74) is 0.177. The molecular weight excluding hydrogens is 274 g/mol. The summed E-state index contributed by atoms with van der Waals surface area (Å²) in [6, 6.07) is 3.24. The van der Waals surface area contributed by atoms with Crippen molar-refractivity contribution in [3.05, 3.63) is 28.8 Å². The minimum absolute atomic E-state index is 0.0724. The Hall–Kier alpha value is -1.79. The van der Waals surface area contributed by atoms with E-state index in [4.69, 9.17) is 26.6 Å². The molecule has 1 rings (SSSR count). The smallest absolute Gasteiger partial charge is 0.326 e. The highest BCUT2D eigenvalue weighted by Gasteiger charge is 2.21. The van der Waals surface area contributed by atoms with E-state index in [1.165, 1.54) is 25.3 Å². The van der Waals surface area contributed by atoms with Crippen molar-refractivity contribution < 1.29 is 24.5 Å². The van der Waals surface area contributed by atoms with Gasteiger partial charge in [-0.15, -0.1) is 0 Å². The number of hydrogen-bond acceptors (Lipinski definition) is 4. The van der Waals surface area contributed by atoms with Crippen LogP contribution in [0.5, 0.6) is 5.75 Å². The summed E-state index contributed by atoms with van der Waals surface area (Å²) in [6.45, 7) is -0.338.